The van der Waals surface area contributed by atoms with Gasteiger partial charge in [0.1, 0.15) is 5.82 Å². The van der Waals surface area contributed by atoms with Crippen LogP contribution in [0.1, 0.15) is 11.3 Å². The van der Waals surface area contributed by atoms with E-state index in [0.29, 0.717) is 6.54 Å². The fourth-order valence-electron chi connectivity index (χ4n) is 1.80. The largest absolute Gasteiger partial charge is 0.433 e. The number of nitrogens with zero attached hydrogens (tertiary/aromatic N) is 5. The molecular weight excluding hydrogens is 295 g/mol. The molecule has 0 radical (unpaired) electrons. The molecule has 0 aromatic carbocycles. The van der Waals surface area contributed by atoms with E-state index in [1.54, 1.807) is 44.5 Å². The van der Waals surface area contributed by atoms with E-state index < -0.39 is 11.9 Å². The third-order valence-corrected chi connectivity index (χ3v) is 2.93. The highest BCUT2D eigenvalue weighted by Crippen LogP contribution is 2.30. The number of anilines is 2. The lowest BCUT2D eigenvalue weighted by atomic mass is 10.3. The summed E-state index contributed by atoms with van der Waals surface area (Å²) in [5.41, 5.74) is -0.100. The highest BCUT2D eigenvalue weighted by molar-refractivity contribution is 5.45. The average molecular weight is 311 g/mol. The Morgan fingerprint density at radius 3 is 2.41 bits per heavy atom. The third kappa shape index (κ3) is 3.84. The second-order valence-corrected chi connectivity index (χ2v) is 5.02. The van der Waals surface area contributed by atoms with E-state index in [2.05, 4.69) is 15.0 Å². The molecule has 0 aliphatic carbocycles. The van der Waals surface area contributed by atoms with Gasteiger partial charge in [-0.25, -0.2) is 4.98 Å². The molecule has 2 aromatic heterocycles. The van der Waals surface area contributed by atoms with Crippen LogP contribution < -0.4 is 9.80 Å². The van der Waals surface area contributed by atoms with Crippen LogP contribution in [0.4, 0.5) is 24.9 Å². The highest BCUT2D eigenvalue weighted by atomic mass is 19.4. The van der Waals surface area contributed by atoms with Gasteiger partial charge in [-0.3, -0.25) is 4.98 Å². The van der Waals surface area contributed by atoms with Crippen LogP contribution in [0.5, 0.6) is 0 Å². The number of hydrogen-bond acceptors (Lipinski definition) is 5. The van der Waals surface area contributed by atoms with Crippen molar-refractivity contribution in [2.75, 3.05) is 30.9 Å². The lowest BCUT2D eigenvalue weighted by Gasteiger charge is -2.21. The zero-order valence-electron chi connectivity index (χ0n) is 12.5. The topological polar surface area (TPSA) is 45.2 Å². The molecule has 8 heteroatoms. The summed E-state index contributed by atoms with van der Waals surface area (Å²) >= 11 is 0. The Hall–Kier alpha value is -2.38. The summed E-state index contributed by atoms with van der Waals surface area (Å²) < 4.78 is 38.9. The highest BCUT2D eigenvalue weighted by Gasteiger charge is 2.34. The normalized spacial score (nSPS) is 11.4. The average Bonchev–Trinajstić information content (AvgIpc) is 2.46. The first kappa shape index (κ1) is 16.0. The van der Waals surface area contributed by atoms with E-state index in [1.807, 2.05) is 6.07 Å². The van der Waals surface area contributed by atoms with Crippen LogP contribution in [0.2, 0.25) is 0 Å². The van der Waals surface area contributed by atoms with E-state index in [4.69, 9.17) is 0 Å². The third-order valence-electron chi connectivity index (χ3n) is 2.93. The molecule has 0 N–H and O–H groups in total. The molecule has 0 amide bonds. The second-order valence-electron chi connectivity index (χ2n) is 5.02. The van der Waals surface area contributed by atoms with Gasteiger partial charge in [0.15, 0.2) is 5.69 Å². The molecule has 2 aromatic rings. The predicted molar refractivity (Wildman–Crippen MR) is 77.7 cm³/mol. The van der Waals surface area contributed by atoms with Crippen molar-refractivity contribution in [3.63, 3.8) is 0 Å². The van der Waals surface area contributed by atoms with Crippen molar-refractivity contribution < 1.29 is 13.2 Å². The first-order chi connectivity index (χ1) is 10.3. The van der Waals surface area contributed by atoms with E-state index >= 15 is 0 Å². The van der Waals surface area contributed by atoms with Crippen LogP contribution in [0.15, 0.2) is 30.6 Å². The van der Waals surface area contributed by atoms with Gasteiger partial charge in [0.2, 0.25) is 5.95 Å². The molecule has 0 unspecified atom stereocenters. The maximum absolute atomic E-state index is 13.0. The quantitative estimate of drug-likeness (QED) is 0.868. The minimum atomic E-state index is -4.52. The lowest BCUT2D eigenvalue weighted by Crippen LogP contribution is -2.23. The summed E-state index contributed by atoms with van der Waals surface area (Å²) in [6.45, 7) is 0.363. The maximum atomic E-state index is 13.0. The first-order valence-corrected chi connectivity index (χ1v) is 6.51. The molecule has 0 saturated carbocycles. The van der Waals surface area contributed by atoms with Crippen molar-refractivity contribution >= 4 is 11.8 Å². The van der Waals surface area contributed by atoms with Crippen molar-refractivity contribution in [3.8, 4) is 0 Å². The number of alkyl halides is 3. The fraction of sp³-hybridized carbons (Fsp3) is 0.357. The number of hydrogen-bond donors (Lipinski definition) is 0. The molecule has 0 fully saturated rings. The Morgan fingerprint density at radius 1 is 1.14 bits per heavy atom. The van der Waals surface area contributed by atoms with Crippen molar-refractivity contribution in [1.29, 1.82) is 0 Å². The standard InChI is InChI=1S/C14H16F3N5/c1-21(2)12-7-11(14(15,16)17)19-13(20-12)22(3)9-10-5-4-6-18-8-10/h4-8H,9H2,1-3H3. The molecule has 22 heavy (non-hydrogen) atoms. The molecule has 0 bridgehead atoms. The van der Waals surface area contributed by atoms with Gasteiger partial charge in [-0.15, -0.1) is 0 Å². The van der Waals surface area contributed by atoms with E-state index in [1.165, 1.54) is 4.90 Å². The molecule has 0 spiro atoms. The van der Waals surface area contributed by atoms with Gasteiger partial charge < -0.3 is 9.80 Å². The number of rotatable bonds is 4. The summed E-state index contributed by atoms with van der Waals surface area (Å²) in [5, 5.41) is 0. The van der Waals surface area contributed by atoms with Crippen molar-refractivity contribution in [3.05, 3.63) is 41.9 Å². The second kappa shape index (κ2) is 6.17. The fourth-order valence-corrected chi connectivity index (χ4v) is 1.80. The van der Waals surface area contributed by atoms with Crippen molar-refractivity contribution in [1.82, 2.24) is 15.0 Å². The first-order valence-electron chi connectivity index (χ1n) is 6.51. The van der Waals surface area contributed by atoms with Gasteiger partial charge in [0, 0.05) is 46.1 Å². The minimum Gasteiger partial charge on any atom is -0.363 e. The van der Waals surface area contributed by atoms with E-state index in [-0.39, 0.29) is 11.8 Å². The summed E-state index contributed by atoms with van der Waals surface area (Å²) in [6.07, 6.45) is -1.23. The summed E-state index contributed by atoms with van der Waals surface area (Å²) in [5.74, 6) is 0.220. The van der Waals surface area contributed by atoms with Gasteiger partial charge in [-0.05, 0) is 11.6 Å². The zero-order valence-corrected chi connectivity index (χ0v) is 12.5. The molecule has 2 heterocycles. The molecule has 0 aliphatic heterocycles. The lowest BCUT2D eigenvalue weighted by molar-refractivity contribution is -0.141. The van der Waals surface area contributed by atoms with Crippen LogP contribution in [-0.2, 0) is 12.7 Å². The molecule has 0 aliphatic rings. The van der Waals surface area contributed by atoms with Crippen LogP contribution in [0.3, 0.4) is 0 Å². The number of halogens is 3. The molecule has 0 saturated heterocycles. The summed E-state index contributed by atoms with van der Waals surface area (Å²) in [6, 6.07) is 4.53. The predicted octanol–water partition coefficient (Wildman–Crippen LogP) is 2.59. The molecule has 5 nitrogen and oxygen atoms in total. The van der Waals surface area contributed by atoms with Crippen molar-refractivity contribution in [2.24, 2.45) is 0 Å². The van der Waals surface area contributed by atoms with Crippen LogP contribution in [-0.4, -0.2) is 36.1 Å². The van der Waals surface area contributed by atoms with E-state index in [0.717, 1.165) is 11.6 Å². The van der Waals surface area contributed by atoms with Crippen LogP contribution in [0.25, 0.3) is 0 Å². The minimum absolute atomic E-state index is 0.0161. The molecule has 0 atom stereocenters. The van der Waals surface area contributed by atoms with Gasteiger partial charge in [0.25, 0.3) is 0 Å². The number of pyridine rings is 1. The monoisotopic (exact) mass is 311 g/mol. The van der Waals surface area contributed by atoms with Crippen LogP contribution >= 0.6 is 0 Å². The van der Waals surface area contributed by atoms with Gasteiger partial charge in [0.05, 0.1) is 0 Å². The SMILES string of the molecule is CN(C)c1cc(C(F)(F)F)nc(N(C)Cc2cccnc2)n1. The van der Waals surface area contributed by atoms with Gasteiger partial charge in [-0.1, -0.05) is 6.07 Å². The Balaban J connectivity index is 2.34. The van der Waals surface area contributed by atoms with Crippen LogP contribution in [0, 0.1) is 0 Å². The summed E-state index contributed by atoms with van der Waals surface area (Å²) in [4.78, 5) is 14.8. The number of aromatic nitrogens is 3. The molecule has 118 valence electrons. The van der Waals surface area contributed by atoms with Crippen molar-refractivity contribution in [2.45, 2.75) is 12.7 Å². The Morgan fingerprint density at radius 2 is 1.86 bits per heavy atom. The Bertz CT molecular complexity index is 628. The Labute approximate surface area is 126 Å². The molecular formula is C14H16F3N5. The molecule has 2 rings (SSSR count). The van der Waals surface area contributed by atoms with E-state index in [9.17, 15) is 13.2 Å². The Kier molecular flexibility index (Phi) is 4.48. The summed E-state index contributed by atoms with van der Waals surface area (Å²) in [7, 11) is 4.91. The zero-order chi connectivity index (χ0) is 16.3. The smallest absolute Gasteiger partial charge is 0.363 e. The maximum Gasteiger partial charge on any atom is 0.433 e. The van der Waals surface area contributed by atoms with Gasteiger partial charge in [-0.2, -0.15) is 18.2 Å². The van der Waals surface area contributed by atoms with Gasteiger partial charge >= 0.3 is 6.18 Å².